The molecule has 0 atom stereocenters. The molecule has 0 radical (unpaired) electrons. The molecule has 8 aromatic carbocycles. The minimum absolute atomic E-state index is 0.218. The first kappa shape index (κ1) is 35.9. The van der Waals surface area contributed by atoms with Gasteiger partial charge in [0, 0.05) is 53.2 Å². The lowest BCUT2D eigenvalue weighted by atomic mass is 9.98. The molecule has 0 bridgehead atoms. The van der Waals surface area contributed by atoms with Crippen LogP contribution in [0, 0.1) is 0 Å². The molecule has 0 saturated heterocycles. The van der Waals surface area contributed by atoms with E-state index in [0.717, 1.165) is 69.9 Å². The van der Waals surface area contributed by atoms with Crippen molar-refractivity contribution in [1.82, 2.24) is 19.5 Å². The summed E-state index contributed by atoms with van der Waals surface area (Å²) in [6.45, 7) is 0. The predicted octanol–water partition coefficient (Wildman–Crippen LogP) is 12.2. The molecule has 0 saturated carbocycles. The zero-order valence-electron chi connectivity index (χ0n) is 32.0. The predicted molar refractivity (Wildman–Crippen MR) is 243 cm³/mol. The van der Waals surface area contributed by atoms with Crippen molar-refractivity contribution < 1.29 is 25.5 Å². The second kappa shape index (κ2) is 14.0. The van der Waals surface area contributed by atoms with Crippen LogP contribution in [0.1, 0.15) is 0 Å². The molecule has 3 aromatic heterocycles. The third-order valence-corrected chi connectivity index (χ3v) is 12.4. The molecule has 0 aliphatic carbocycles. The number of aromatic hydroxyl groups is 5. The highest BCUT2D eigenvalue weighted by atomic mass is 32.1. The molecule has 0 spiro atoms. The van der Waals surface area contributed by atoms with Crippen molar-refractivity contribution in [3.05, 3.63) is 164 Å². The van der Waals surface area contributed by atoms with E-state index in [1.807, 2.05) is 54.6 Å². The van der Waals surface area contributed by atoms with Gasteiger partial charge in [-0.05, 0) is 29.3 Å². The number of phenols is 5. The fraction of sp³-hybridized carbons (Fsp3) is 0. The average molecular weight is 813 g/mol. The van der Waals surface area contributed by atoms with Crippen LogP contribution in [-0.4, -0.2) is 45.1 Å². The largest absolute Gasteiger partial charge is 0.504 e. The Balaban J connectivity index is 1.25. The SMILES string of the molecule is Oc1c(O)c(O)c(-c2nc(-c3ccccc3)nc(-c3cccc4c3sc3ccc(-c5ccccc5)c(-n5c6ccccc6c6cccc(-c7ccccc7)c65)c34)n2)c(O)c1O. The fourth-order valence-corrected chi connectivity index (χ4v) is 9.67. The Morgan fingerprint density at radius 1 is 0.393 bits per heavy atom. The quantitative estimate of drug-likeness (QED) is 0.0824. The number of benzene rings is 8. The summed E-state index contributed by atoms with van der Waals surface area (Å²) in [5.74, 6) is -4.71. The van der Waals surface area contributed by atoms with Crippen LogP contribution in [0.2, 0.25) is 0 Å². The zero-order valence-corrected chi connectivity index (χ0v) is 32.8. The normalized spacial score (nSPS) is 11.6. The number of fused-ring (bicyclic) bond motifs is 6. The number of nitrogens with zero attached hydrogens (tertiary/aromatic N) is 4. The van der Waals surface area contributed by atoms with E-state index >= 15 is 0 Å². The van der Waals surface area contributed by atoms with Gasteiger partial charge in [-0.1, -0.05) is 146 Å². The van der Waals surface area contributed by atoms with Crippen molar-refractivity contribution in [2.75, 3.05) is 0 Å². The first-order valence-electron chi connectivity index (χ1n) is 19.5. The van der Waals surface area contributed by atoms with Crippen molar-refractivity contribution in [2.24, 2.45) is 0 Å². The summed E-state index contributed by atoms with van der Waals surface area (Å²) >= 11 is 1.60. The first-order valence-corrected chi connectivity index (χ1v) is 20.3. The van der Waals surface area contributed by atoms with Gasteiger partial charge in [0.15, 0.2) is 29.0 Å². The number of para-hydroxylation sites is 2. The number of hydrogen-bond donors (Lipinski definition) is 5. The highest BCUT2D eigenvalue weighted by Gasteiger charge is 2.29. The maximum atomic E-state index is 11.0. The third-order valence-electron chi connectivity index (χ3n) is 11.2. The molecule has 0 unspecified atom stereocenters. The summed E-state index contributed by atoms with van der Waals surface area (Å²) in [7, 11) is 0. The van der Waals surface area contributed by atoms with Gasteiger partial charge >= 0.3 is 0 Å². The van der Waals surface area contributed by atoms with Gasteiger partial charge in [-0.15, -0.1) is 11.3 Å². The summed E-state index contributed by atoms with van der Waals surface area (Å²) in [6, 6.07) is 55.4. The maximum Gasteiger partial charge on any atom is 0.208 e. The van der Waals surface area contributed by atoms with Gasteiger partial charge in [0.05, 0.1) is 16.7 Å². The van der Waals surface area contributed by atoms with Crippen molar-refractivity contribution >= 4 is 53.3 Å². The molecule has 11 aromatic rings. The van der Waals surface area contributed by atoms with Crippen LogP contribution in [0.25, 0.3) is 104 Å². The Bertz CT molecular complexity index is 3500. The van der Waals surface area contributed by atoms with E-state index in [9.17, 15) is 25.5 Å². The number of thiophene rings is 1. The molecule has 0 fully saturated rings. The molecule has 5 N–H and O–H groups in total. The molecule has 11 rings (SSSR count). The van der Waals surface area contributed by atoms with Gasteiger partial charge in [-0.3, -0.25) is 0 Å². The van der Waals surface area contributed by atoms with E-state index in [1.54, 1.807) is 11.3 Å². The summed E-state index contributed by atoms with van der Waals surface area (Å²) in [6.07, 6.45) is 0. The van der Waals surface area contributed by atoms with Crippen LogP contribution in [0.5, 0.6) is 28.7 Å². The Morgan fingerprint density at radius 2 is 0.918 bits per heavy atom. The lowest BCUT2D eigenvalue weighted by Crippen LogP contribution is -2.01. The molecule has 3 heterocycles. The topological polar surface area (TPSA) is 145 Å². The lowest BCUT2D eigenvalue weighted by Gasteiger charge is -2.18. The van der Waals surface area contributed by atoms with Crippen LogP contribution in [-0.2, 0) is 0 Å². The summed E-state index contributed by atoms with van der Waals surface area (Å²) < 4.78 is 4.33. The molecule has 0 amide bonds. The van der Waals surface area contributed by atoms with Gasteiger partial charge in [0.1, 0.15) is 5.56 Å². The van der Waals surface area contributed by atoms with Gasteiger partial charge in [-0.2, -0.15) is 0 Å². The Hall–Kier alpha value is -8.21. The second-order valence-electron chi connectivity index (χ2n) is 14.7. The molecule has 10 heteroatoms. The summed E-state index contributed by atoms with van der Waals surface area (Å²) in [5, 5.41) is 57.6. The number of phenolic OH excluding ortho intramolecular Hbond substituents is 5. The first-order chi connectivity index (χ1) is 29.9. The number of rotatable bonds is 6. The van der Waals surface area contributed by atoms with Crippen molar-refractivity contribution in [2.45, 2.75) is 0 Å². The van der Waals surface area contributed by atoms with Crippen molar-refractivity contribution in [1.29, 1.82) is 0 Å². The Kier molecular flexibility index (Phi) is 8.23. The summed E-state index contributed by atoms with van der Waals surface area (Å²) in [4.78, 5) is 14.3. The van der Waals surface area contributed by atoms with Crippen molar-refractivity contribution in [3.8, 4) is 90.9 Å². The van der Waals surface area contributed by atoms with E-state index in [0.29, 0.717) is 11.1 Å². The minimum atomic E-state index is -1.07. The summed E-state index contributed by atoms with van der Waals surface area (Å²) in [5.41, 5.74) is 8.32. The van der Waals surface area contributed by atoms with Gasteiger partial charge in [-0.25, -0.2) is 15.0 Å². The smallest absolute Gasteiger partial charge is 0.208 e. The monoisotopic (exact) mass is 812 g/mol. The number of hydrogen-bond acceptors (Lipinski definition) is 9. The van der Waals surface area contributed by atoms with Crippen molar-refractivity contribution in [3.63, 3.8) is 0 Å². The second-order valence-corrected chi connectivity index (χ2v) is 15.7. The van der Waals surface area contributed by atoms with Crippen LogP contribution >= 0.6 is 11.3 Å². The Morgan fingerprint density at radius 3 is 1.61 bits per heavy atom. The molecule has 61 heavy (non-hydrogen) atoms. The molecule has 0 aliphatic heterocycles. The van der Waals surface area contributed by atoms with Gasteiger partial charge in [0.25, 0.3) is 0 Å². The van der Waals surface area contributed by atoms with Gasteiger partial charge < -0.3 is 30.1 Å². The highest BCUT2D eigenvalue weighted by Crippen LogP contribution is 2.55. The Labute approximate surface area is 351 Å². The van der Waals surface area contributed by atoms with Crippen LogP contribution < -0.4 is 0 Å². The lowest BCUT2D eigenvalue weighted by molar-refractivity contribution is 0.329. The number of aromatic nitrogens is 4. The van der Waals surface area contributed by atoms with Gasteiger partial charge in [0.2, 0.25) is 17.2 Å². The molecule has 292 valence electrons. The van der Waals surface area contributed by atoms with E-state index in [-0.39, 0.29) is 17.5 Å². The van der Waals surface area contributed by atoms with E-state index < -0.39 is 34.3 Å². The fourth-order valence-electron chi connectivity index (χ4n) is 8.45. The van der Waals surface area contributed by atoms with Crippen LogP contribution in [0.4, 0.5) is 0 Å². The molecule has 0 aliphatic rings. The minimum Gasteiger partial charge on any atom is -0.504 e. The molecular formula is C51H32N4O5S. The molecule has 9 nitrogen and oxygen atoms in total. The zero-order chi connectivity index (χ0) is 41.4. The van der Waals surface area contributed by atoms with Crippen LogP contribution in [0.15, 0.2) is 164 Å². The third kappa shape index (κ3) is 5.57. The van der Waals surface area contributed by atoms with E-state index in [1.165, 1.54) is 0 Å². The highest BCUT2D eigenvalue weighted by molar-refractivity contribution is 7.26. The molecular weight excluding hydrogens is 781 g/mol. The average Bonchev–Trinajstić information content (AvgIpc) is 3.87. The van der Waals surface area contributed by atoms with E-state index in [4.69, 9.17) is 9.97 Å². The maximum absolute atomic E-state index is 11.0. The van der Waals surface area contributed by atoms with Crippen LogP contribution in [0.3, 0.4) is 0 Å². The van der Waals surface area contributed by atoms with E-state index in [2.05, 4.69) is 119 Å². The standard InChI is InChI=1S/C51H32N4O5S/c56-43-40(44(57)46(59)47(60)45(43)58)51-53-49(30-18-8-3-9-19-30)52-50(54-51)36-24-13-23-35-39-38(61-48(35)36)27-26-32(29-16-6-2-7-17-29)42(39)55-37-25-11-10-20-33(37)34-22-12-21-31(41(34)55)28-14-4-1-5-15-28/h1-27,56-60H.